The molecule has 232 valence electrons. The van der Waals surface area contributed by atoms with Crippen LogP contribution in [0.5, 0.6) is 0 Å². The number of anilines is 3. The first-order valence-corrected chi connectivity index (χ1v) is 18.7. The monoisotopic (exact) mass is 691 g/mol. The summed E-state index contributed by atoms with van der Waals surface area (Å²) in [7, 11) is 0. The normalized spacial score (nSPS) is 13.3. The topological polar surface area (TPSA) is 3.24 Å². The summed E-state index contributed by atoms with van der Waals surface area (Å²) in [6.07, 6.45) is 0. The standard InChI is InChI=1S/C47H33NSe/c1-47(2)41-18-10-8-16-36(41)37-25-24-34(29-42(37)47)48(33-22-20-31(21-23-33)30-12-4-3-5-13-30)43-28-32-14-6-7-15-35(32)45-40(43)27-26-39-38-17-9-11-19-44(38)49-46(39)45/h3-29H,1-2H3. The molecule has 0 saturated heterocycles. The van der Waals surface area contributed by atoms with Crippen LogP contribution in [0, 0.1) is 0 Å². The van der Waals surface area contributed by atoms with Gasteiger partial charge >= 0.3 is 288 Å². The molecule has 0 amide bonds. The molecule has 1 heterocycles. The Balaban J connectivity index is 1.26. The molecule has 0 spiro atoms. The van der Waals surface area contributed by atoms with Crippen molar-refractivity contribution in [3.8, 4) is 22.3 Å². The summed E-state index contributed by atoms with van der Waals surface area (Å²) in [6.45, 7) is 4.74. The Morgan fingerprint density at radius 2 is 1.12 bits per heavy atom. The van der Waals surface area contributed by atoms with Gasteiger partial charge < -0.3 is 0 Å². The Hall–Kier alpha value is -5.40. The number of benzene rings is 8. The minimum atomic E-state index is -0.0919. The molecule has 8 aromatic carbocycles. The second kappa shape index (κ2) is 10.8. The van der Waals surface area contributed by atoms with Gasteiger partial charge in [-0.3, -0.25) is 0 Å². The van der Waals surface area contributed by atoms with Crippen LogP contribution in [0.4, 0.5) is 17.1 Å². The first-order chi connectivity index (χ1) is 24.1. The van der Waals surface area contributed by atoms with Crippen LogP contribution in [0.25, 0.3) is 63.1 Å². The number of rotatable bonds is 4. The van der Waals surface area contributed by atoms with Crippen molar-refractivity contribution in [2.75, 3.05) is 4.90 Å². The third kappa shape index (κ3) is 4.31. The van der Waals surface area contributed by atoms with Gasteiger partial charge in [-0.25, -0.2) is 0 Å². The third-order valence-corrected chi connectivity index (χ3v) is 13.2. The molecule has 0 unspecified atom stereocenters. The van der Waals surface area contributed by atoms with Crippen molar-refractivity contribution in [1.29, 1.82) is 0 Å². The van der Waals surface area contributed by atoms with Crippen LogP contribution in [0.1, 0.15) is 25.0 Å². The third-order valence-electron chi connectivity index (χ3n) is 10.6. The molecule has 1 nitrogen and oxygen atoms in total. The van der Waals surface area contributed by atoms with E-state index in [2.05, 4.69) is 183 Å². The minimum absolute atomic E-state index is 0.0919. The van der Waals surface area contributed by atoms with Crippen LogP contribution >= 0.6 is 0 Å². The Labute approximate surface area is 292 Å². The predicted molar refractivity (Wildman–Crippen MR) is 211 cm³/mol. The van der Waals surface area contributed by atoms with Crippen LogP contribution in [0.15, 0.2) is 164 Å². The first-order valence-electron chi connectivity index (χ1n) is 17.0. The van der Waals surface area contributed by atoms with Crippen molar-refractivity contribution in [2.24, 2.45) is 0 Å². The first kappa shape index (κ1) is 28.6. The molecule has 1 aromatic heterocycles. The fraction of sp³-hybridized carbons (Fsp3) is 0.0638. The molecular weight excluding hydrogens is 657 g/mol. The summed E-state index contributed by atoms with van der Waals surface area (Å²) in [5, 5.41) is 8.07. The molecule has 0 radical (unpaired) electrons. The van der Waals surface area contributed by atoms with E-state index < -0.39 is 0 Å². The van der Waals surface area contributed by atoms with Crippen LogP contribution in [0.3, 0.4) is 0 Å². The molecule has 0 N–H and O–H groups in total. The zero-order chi connectivity index (χ0) is 32.7. The fourth-order valence-electron chi connectivity index (χ4n) is 8.22. The van der Waals surface area contributed by atoms with E-state index in [1.807, 2.05) is 0 Å². The zero-order valence-corrected chi connectivity index (χ0v) is 29.2. The molecule has 0 aliphatic heterocycles. The average molecular weight is 691 g/mol. The van der Waals surface area contributed by atoms with E-state index in [1.165, 1.54) is 85.6 Å². The number of hydrogen-bond acceptors (Lipinski definition) is 1. The fourth-order valence-corrected chi connectivity index (χ4v) is 10.9. The zero-order valence-electron chi connectivity index (χ0n) is 27.4. The summed E-state index contributed by atoms with van der Waals surface area (Å²) >= 11 is 0.234. The molecular formula is C47H33NSe. The van der Waals surface area contributed by atoms with Gasteiger partial charge in [-0.15, -0.1) is 0 Å². The molecule has 0 bridgehead atoms. The van der Waals surface area contributed by atoms with Crippen LogP contribution in [-0.4, -0.2) is 14.5 Å². The number of fused-ring (bicyclic) bond motifs is 10. The van der Waals surface area contributed by atoms with E-state index >= 15 is 0 Å². The van der Waals surface area contributed by atoms with Gasteiger partial charge in [0.25, 0.3) is 0 Å². The SMILES string of the molecule is CC1(C)c2ccccc2-c2ccc(N(c3ccc(-c4ccccc4)cc3)c3cc4ccccc4c4c3ccc3c5ccccc5[se]c34)cc21. The Kier molecular flexibility index (Phi) is 6.31. The van der Waals surface area contributed by atoms with E-state index in [0.29, 0.717) is 0 Å². The molecule has 0 saturated carbocycles. The second-order valence-corrected chi connectivity index (χ2v) is 15.9. The van der Waals surface area contributed by atoms with Crippen LogP contribution in [0.2, 0.25) is 0 Å². The molecule has 1 aliphatic carbocycles. The molecule has 9 aromatic rings. The molecule has 1 aliphatic rings. The van der Waals surface area contributed by atoms with Crippen molar-refractivity contribution >= 4 is 72.4 Å². The average Bonchev–Trinajstić information content (AvgIpc) is 3.64. The van der Waals surface area contributed by atoms with Crippen molar-refractivity contribution < 1.29 is 0 Å². The predicted octanol–water partition coefficient (Wildman–Crippen LogP) is 12.8. The summed E-state index contributed by atoms with van der Waals surface area (Å²) in [4.78, 5) is 2.50. The molecule has 0 fully saturated rings. The molecule has 2 heteroatoms. The maximum atomic E-state index is 2.50. The summed E-state index contributed by atoms with van der Waals surface area (Å²) in [6, 6.07) is 61.0. The molecule has 49 heavy (non-hydrogen) atoms. The van der Waals surface area contributed by atoms with Gasteiger partial charge in [0.1, 0.15) is 0 Å². The molecule has 0 atom stereocenters. The molecule has 10 rings (SSSR count). The van der Waals surface area contributed by atoms with E-state index in [0.717, 1.165) is 5.69 Å². The Bertz CT molecular complexity index is 2730. The van der Waals surface area contributed by atoms with Crippen LogP contribution < -0.4 is 4.90 Å². The maximum absolute atomic E-state index is 2.50. The quantitative estimate of drug-likeness (QED) is 0.131. The summed E-state index contributed by atoms with van der Waals surface area (Å²) in [5.74, 6) is 0. The van der Waals surface area contributed by atoms with Crippen molar-refractivity contribution in [3.05, 3.63) is 175 Å². The Morgan fingerprint density at radius 1 is 0.469 bits per heavy atom. The van der Waals surface area contributed by atoms with Crippen LogP contribution in [-0.2, 0) is 5.41 Å². The Morgan fingerprint density at radius 3 is 1.98 bits per heavy atom. The van der Waals surface area contributed by atoms with Gasteiger partial charge in [-0.1, -0.05) is 6.07 Å². The van der Waals surface area contributed by atoms with Crippen molar-refractivity contribution in [3.63, 3.8) is 0 Å². The summed E-state index contributed by atoms with van der Waals surface area (Å²) < 4.78 is 2.97. The van der Waals surface area contributed by atoms with Gasteiger partial charge in [0.15, 0.2) is 0 Å². The van der Waals surface area contributed by atoms with Gasteiger partial charge in [0.2, 0.25) is 0 Å². The van der Waals surface area contributed by atoms with E-state index in [1.54, 1.807) is 0 Å². The van der Waals surface area contributed by atoms with Gasteiger partial charge in [0, 0.05) is 0 Å². The van der Waals surface area contributed by atoms with Gasteiger partial charge in [-0.05, 0) is 0 Å². The van der Waals surface area contributed by atoms with E-state index in [4.69, 9.17) is 0 Å². The van der Waals surface area contributed by atoms with Crippen molar-refractivity contribution in [1.82, 2.24) is 0 Å². The van der Waals surface area contributed by atoms with Gasteiger partial charge in [0.05, 0.1) is 0 Å². The number of nitrogens with zero attached hydrogens (tertiary/aromatic N) is 1. The second-order valence-electron chi connectivity index (χ2n) is 13.7. The van der Waals surface area contributed by atoms with Gasteiger partial charge in [-0.2, -0.15) is 0 Å². The number of hydrogen-bond donors (Lipinski definition) is 0. The van der Waals surface area contributed by atoms with Crippen molar-refractivity contribution in [2.45, 2.75) is 19.3 Å². The van der Waals surface area contributed by atoms with E-state index in [9.17, 15) is 0 Å². The summed E-state index contributed by atoms with van der Waals surface area (Å²) in [5.41, 5.74) is 11.4. The van der Waals surface area contributed by atoms with E-state index in [-0.39, 0.29) is 19.9 Å².